The molecule has 9 heteroatoms. The molecule has 0 saturated carbocycles. The zero-order valence-electron chi connectivity index (χ0n) is 11.8. The van der Waals surface area contributed by atoms with Crippen LogP contribution in [0.5, 0.6) is 0 Å². The standard InChI is InChI=1S/C11H21N5O2S.HI/c1-3-12-10(14-5-7-19-2)13-4-6-16-9(17)8-15-11(16)18;/h3-8H2,1-2H3,(H,15,18)(H2,12,13,14);1H. The molecule has 0 aliphatic carbocycles. The van der Waals surface area contributed by atoms with Crippen LogP contribution in [0.15, 0.2) is 4.99 Å². The highest BCUT2D eigenvalue weighted by molar-refractivity contribution is 14.0. The average molecular weight is 415 g/mol. The van der Waals surface area contributed by atoms with Gasteiger partial charge in [-0.05, 0) is 13.2 Å². The van der Waals surface area contributed by atoms with Gasteiger partial charge in [-0.2, -0.15) is 11.8 Å². The number of imide groups is 1. The second kappa shape index (κ2) is 11.0. The first-order valence-electron chi connectivity index (χ1n) is 6.28. The van der Waals surface area contributed by atoms with Gasteiger partial charge in [0.2, 0.25) is 5.91 Å². The smallest absolute Gasteiger partial charge is 0.324 e. The number of nitrogens with one attached hydrogen (secondary N) is 3. The van der Waals surface area contributed by atoms with Gasteiger partial charge >= 0.3 is 6.03 Å². The number of thioether (sulfide) groups is 1. The second-order valence-electron chi connectivity index (χ2n) is 3.88. The van der Waals surface area contributed by atoms with E-state index in [9.17, 15) is 9.59 Å². The number of rotatable bonds is 7. The molecule has 3 N–H and O–H groups in total. The van der Waals surface area contributed by atoms with Crippen molar-refractivity contribution >= 4 is 53.6 Å². The molecule has 1 fully saturated rings. The minimum absolute atomic E-state index is 0. The fourth-order valence-corrected chi connectivity index (χ4v) is 1.83. The zero-order chi connectivity index (χ0) is 14.1. The Labute approximate surface area is 140 Å². The maximum atomic E-state index is 11.4. The van der Waals surface area contributed by atoms with Crippen molar-refractivity contribution in [1.29, 1.82) is 0 Å². The Kier molecular flexibility index (Phi) is 10.6. The molecule has 7 nitrogen and oxygen atoms in total. The maximum Gasteiger partial charge on any atom is 0.324 e. The molecule has 0 aromatic rings. The monoisotopic (exact) mass is 415 g/mol. The molecule has 1 saturated heterocycles. The minimum atomic E-state index is -0.323. The predicted molar refractivity (Wildman–Crippen MR) is 92.9 cm³/mol. The lowest BCUT2D eigenvalue weighted by Crippen LogP contribution is -2.43. The van der Waals surface area contributed by atoms with Crippen molar-refractivity contribution < 1.29 is 9.59 Å². The summed E-state index contributed by atoms with van der Waals surface area (Å²) in [5, 5.41) is 8.70. The highest BCUT2D eigenvalue weighted by Gasteiger charge is 2.27. The Bertz CT molecular complexity index is 338. The lowest BCUT2D eigenvalue weighted by atomic mass is 10.5. The van der Waals surface area contributed by atoms with Crippen LogP contribution in [0.2, 0.25) is 0 Å². The Hall–Kier alpha value is -0.710. The number of hydrogen-bond donors (Lipinski definition) is 3. The molecule has 116 valence electrons. The third-order valence-corrected chi connectivity index (χ3v) is 3.07. The maximum absolute atomic E-state index is 11.4. The van der Waals surface area contributed by atoms with Gasteiger partial charge in [-0.3, -0.25) is 14.7 Å². The summed E-state index contributed by atoms with van der Waals surface area (Å²) in [4.78, 5) is 28.3. The summed E-state index contributed by atoms with van der Waals surface area (Å²) in [5.74, 6) is 1.49. The SMILES string of the molecule is CCNC(=NCCSC)NCCN1C(=O)CNC1=O.I. The van der Waals surface area contributed by atoms with E-state index in [0.29, 0.717) is 19.0 Å². The Morgan fingerprint density at radius 2 is 2.20 bits per heavy atom. The van der Waals surface area contributed by atoms with Crippen LogP contribution in [-0.4, -0.2) is 67.5 Å². The van der Waals surface area contributed by atoms with E-state index in [1.54, 1.807) is 11.8 Å². The quantitative estimate of drug-likeness (QED) is 0.180. The van der Waals surface area contributed by atoms with Gasteiger partial charge in [0, 0.05) is 25.4 Å². The van der Waals surface area contributed by atoms with Gasteiger partial charge in [-0.1, -0.05) is 0 Å². The van der Waals surface area contributed by atoms with Crippen molar-refractivity contribution in [3.05, 3.63) is 0 Å². The van der Waals surface area contributed by atoms with E-state index in [4.69, 9.17) is 0 Å². The van der Waals surface area contributed by atoms with E-state index in [0.717, 1.165) is 18.8 Å². The molecule has 0 spiro atoms. The van der Waals surface area contributed by atoms with Crippen LogP contribution in [-0.2, 0) is 4.79 Å². The van der Waals surface area contributed by atoms with E-state index < -0.39 is 0 Å². The zero-order valence-corrected chi connectivity index (χ0v) is 14.9. The summed E-state index contributed by atoms with van der Waals surface area (Å²) in [6.45, 7) is 4.43. The number of aliphatic imine (C=N–C) groups is 1. The summed E-state index contributed by atoms with van der Waals surface area (Å²) < 4.78 is 0. The molecule has 1 rings (SSSR count). The molecular weight excluding hydrogens is 393 g/mol. The summed E-state index contributed by atoms with van der Waals surface area (Å²) in [6, 6.07) is -0.323. The van der Waals surface area contributed by atoms with Crippen LogP contribution in [0.4, 0.5) is 4.79 Å². The van der Waals surface area contributed by atoms with Crippen LogP contribution in [0.1, 0.15) is 6.92 Å². The average Bonchev–Trinajstić information content (AvgIpc) is 2.70. The lowest BCUT2D eigenvalue weighted by molar-refractivity contribution is -0.124. The highest BCUT2D eigenvalue weighted by atomic mass is 127. The lowest BCUT2D eigenvalue weighted by Gasteiger charge is -2.15. The Morgan fingerprint density at radius 1 is 1.45 bits per heavy atom. The Balaban J connectivity index is 0.00000361. The van der Waals surface area contributed by atoms with Gasteiger partial charge in [0.15, 0.2) is 5.96 Å². The van der Waals surface area contributed by atoms with Crippen LogP contribution in [0.3, 0.4) is 0 Å². The number of guanidine groups is 1. The molecule has 1 aliphatic heterocycles. The van der Waals surface area contributed by atoms with Gasteiger partial charge in [-0.25, -0.2) is 4.79 Å². The fraction of sp³-hybridized carbons (Fsp3) is 0.727. The third kappa shape index (κ3) is 6.64. The second-order valence-corrected chi connectivity index (χ2v) is 4.87. The summed E-state index contributed by atoms with van der Waals surface area (Å²) in [7, 11) is 0. The molecule has 3 amide bonds. The number of amides is 3. The highest BCUT2D eigenvalue weighted by Crippen LogP contribution is 1.97. The number of halogens is 1. The van der Waals surface area contributed by atoms with Crippen molar-refractivity contribution in [3.63, 3.8) is 0 Å². The predicted octanol–water partition coefficient (Wildman–Crippen LogP) is 0.0743. The summed E-state index contributed by atoms with van der Waals surface area (Å²) in [6.07, 6.45) is 2.04. The molecule has 0 radical (unpaired) electrons. The molecular formula is C11H22IN5O2S. The van der Waals surface area contributed by atoms with Gasteiger partial charge in [0.25, 0.3) is 0 Å². The minimum Gasteiger partial charge on any atom is -0.357 e. The number of nitrogens with zero attached hydrogens (tertiary/aromatic N) is 2. The number of urea groups is 1. The number of hydrogen-bond acceptors (Lipinski definition) is 4. The van der Waals surface area contributed by atoms with Crippen LogP contribution >= 0.6 is 35.7 Å². The molecule has 1 aliphatic rings. The van der Waals surface area contributed by atoms with E-state index in [1.165, 1.54) is 4.90 Å². The third-order valence-electron chi connectivity index (χ3n) is 2.47. The number of carbonyl (C=O) groups is 2. The summed E-state index contributed by atoms with van der Waals surface area (Å²) in [5.41, 5.74) is 0. The summed E-state index contributed by atoms with van der Waals surface area (Å²) >= 11 is 1.74. The largest absolute Gasteiger partial charge is 0.357 e. The van der Waals surface area contributed by atoms with E-state index in [2.05, 4.69) is 20.9 Å². The first-order valence-corrected chi connectivity index (χ1v) is 7.67. The molecule has 0 bridgehead atoms. The Morgan fingerprint density at radius 3 is 2.75 bits per heavy atom. The topological polar surface area (TPSA) is 85.8 Å². The molecule has 0 unspecified atom stereocenters. The molecule has 20 heavy (non-hydrogen) atoms. The van der Waals surface area contributed by atoms with Gasteiger partial charge < -0.3 is 16.0 Å². The normalized spacial score (nSPS) is 14.9. The van der Waals surface area contributed by atoms with E-state index in [1.807, 2.05) is 13.2 Å². The van der Waals surface area contributed by atoms with Gasteiger partial charge in [0.05, 0.1) is 13.1 Å². The van der Waals surface area contributed by atoms with Gasteiger partial charge in [-0.15, -0.1) is 24.0 Å². The van der Waals surface area contributed by atoms with E-state index >= 15 is 0 Å². The van der Waals surface area contributed by atoms with Crippen molar-refractivity contribution in [3.8, 4) is 0 Å². The van der Waals surface area contributed by atoms with Crippen molar-refractivity contribution in [1.82, 2.24) is 20.9 Å². The van der Waals surface area contributed by atoms with E-state index in [-0.39, 0.29) is 42.5 Å². The van der Waals surface area contributed by atoms with Crippen molar-refractivity contribution in [2.75, 3.05) is 44.7 Å². The first kappa shape index (κ1) is 19.3. The van der Waals surface area contributed by atoms with Gasteiger partial charge in [0.1, 0.15) is 0 Å². The van der Waals surface area contributed by atoms with Crippen molar-refractivity contribution in [2.24, 2.45) is 4.99 Å². The molecule has 0 aromatic heterocycles. The molecule has 0 aromatic carbocycles. The van der Waals surface area contributed by atoms with Crippen LogP contribution in [0.25, 0.3) is 0 Å². The van der Waals surface area contributed by atoms with Crippen LogP contribution < -0.4 is 16.0 Å². The van der Waals surface area contributed by atoms with Crippen LogP contribution in [0, 0.1) is 0 Å². The molecule has 0 atom stereocenters. The first-order chi connectivity index (χ1) is 9.19. The van der Waals surface area contributed by atoms with Crippen molar-refractivity contribution in [2.45, 2.75) is 6.92 Å². The molecule has 1 heterocycles. The fourth-order valence-electron chi connectivity index (χ4n) is 1.56. The number of carbonyl (C=O) groups excluding carboxylic acids is 2.